The second-order valence-corrected chi connectivity index (χ2v) is 4.97. The first-order chi connectivity index (χ1) is 7.74. The monoisotopic (exact) mass is 287 g/mol. The molecule has 1 aromatic rings. The highest BCUT2D eigenvalue weighted by atomic mass is 79.9. The summed E-state index contributed by atoms with van der Waals surface area (Å²) < 4.78 is 19.6. The molecule has 1 aliphatic heterocycles. The van der Waals surface area contributed by atoms with Crippen LogP contribution >= 0.6 is 15.9 Å². The molecule has 0 amide bonds. The fraction of sp³-hybridized carbons (Fsp3) is 0.500. The Balaban J connectivity index is 1.88. The van der Waals surface area contributed by atoms with Crippen molar-refractivity contribution < 1.29 is 9.13 Å². The maximum Gasteiger partial charge on any atom is 0.124 e. The number of ether oxygens (including phenoxy) is 1. The maximum absolute atomic E-state index is 13.1. The van der Waals surface area contributed by atoms with Crippen molar-refractivity contribution in [3.8, 4) is 0 Å². The number of hydrogen-bond acceptors (Lipinski definition) is 2. The molecular formula is C12H15BrFNO. The van der Waals surface area contributed by atoms with Crippen molar-refractivity contribution in [2.75, 3.05) is 13.1 Å². The van der Waals surface area contributed by atoms with Crippen LogP contribution in [-0.2, 0) is 11.3 Å². The molecule has 88 valence electrons. The van der Waals surface area contributed by atoms with Crippen LogP contribution in [0.2, 0.25) is 0 Å². The molecule has 2 nitrogen and oxygen atoms in total. The highest BCUT2D eigenvalue weighted by Gasteiger charge is 2.13. The third kappa shape index (κ3) is 3.54. The van der Waals surface area contributed by atoms with Crippen LogP contribution in [0.15, 0.2) is 22.7 Å². The predicted octanol–water partition coefficient (Wildman–Crippen LogP) is 2.86. The zero-order valence-corrected chi connectivity index (χ0v) is 10.6. The SMILES string of the molecule is Fc1cc(Br)cc(CO[C@H]2CCCNC2)c1. The molecule has 2 rings (SSSR count). The molecule has 0 spiro atoms. The Hall–Kier alpha value is -0.450. The Kier molecular flexibility index (Phi) is 4.32. The molecule has 0 radical (unpaired) electrons. The first-order valence-electron chi connectivity index (χ1n) is 5.51. The fourth-order valence-corrected chi connectivity index (χ4v) is 2.38. The van der Waals surface area contributed by atoms with Gasteiger partial charge >= 0.3 is 0 Å². The second-order valence-electron chi connectivity index (χ2n) is 4.06. The van der Waals surface area contributed by atoms with Crippen molar-refractivity contribution >= 4 is 15.9 Å². The van der Waals surface area contributed by atoms with Gasteiger partial charge in [-0.15, -0.1) is 0 Å². The van der Waals surface area contributed by atoms with E-state index in [9.17, 15) is 4.39 Å². The van der Waals surface area contributed by atoms with Crippen molar-refractivity contribution in [1.82, 2.24) is 5.32 Å². The van der Waals surface area contributed by atoms with Crippen LogP contribution in [0.25, 0.3) is 0 Å². The summed E-state index contributed by atoms with van der Waals surface area (Å²) in [7, 11) is 0. The molecule has 1 atom stereocenters. The van der Waals surface area contributed by atoms with Gasteiger partial charge in [0.2, 0.25) is 0 Å². The highest BCUT2D eigenvalue weighted by Crippen LogP contribution is 2.17. The van der Waals surface area contributed by atoms with Crippen LogP contribution in [-0.4, -0.2) is 19.2 Å². The van der Waals surface area contributed by atoms with Gasteiger partial charge in [0.1, 0.15) is 5.82 Å². The normalized spacial score (nSPS) is 21.0. The number of nitrogens with one attached hydrogen (secondary N) is 1. The number of piperidine rings is 1. The molecule has 1 aromatic carbocycles. The first-order valence-corrected chi connectivity index (χ1v) is 6.30. The van der Waals surface area contributed by atoms with Crippen LogP contribution in [0, 0.1) is 5.82 Å². The number of halogens is 2. The summed E-state index contributed by atoms with van der Waals surface area (Å²) in [6.07, 6.45) is 2.50. The van der Waals surface area contributed by atoms with Crippen LogP contribution < -0.4 is 5.32 Å². The summed E-state index contributed by atoms with van der Waals surface area (Å²) in [5.41, 5.74) is 0.873. The molecule has 0 aliphatic carbocycles. The third-order valence-electron chi connectivity index (χ3n) is 2.66. The second kappa shape index (κ2) is 5.75. The quantitative estimate of drug-likeness (QED) is 0.923. The molecule has 1 aliphatic rings. The lowest BCUT2D eigenvalue weighted by Crippen LogP contribution is -2.35. The molecule has 0 unspecified atom stereocenters. The van der Waals surface area contributed by atoms with E-state index in [-0.39, 0.29) is 11.9 Å². The number of benzene rings is 1. The smallest absolute Gasteiger partial charge is 0.124 e. The number of hydrogen-bond donors (Lipinski definition) is 1. The van der Waals surface area contributed by atoms with E-state index in [4.69, 9.17) is 4.74 Å². The van der Waals surface area contributed by atoms with Gasteiger partial charge in [0, 0.05) is 11.0 Å². The summed E-state index contributed by atoms with van der Waals surface area (Å²) >= 11 is 3.27. The summed E-state index contributed by atoms with van der Waals surface area (Å²) in [5.74, 6) is -0.227. The summed E-state index contributed by atoms with van der Waals surface area (Å²) in [6, 6.07) is 4.85. The zero-order valence-electron chi connectivity index (χ0n) is 9.01. The molecule has 1 saturated heterocycles. The molecule has 0 saturated carbocycles. The van der Waals surface area contributed by atoms with E-state index in [1.807, 2.05) is 6.07 Å². The van der Waals surface area contributed by atoms with E-state index in [2.05, 4.69) is 21.2 Å². The van der Waals surface area contributed by atoms with Gasteiger partial charge in [-0.2, -0.15) is 0 Å². The Labute approximate surface area is 103 Å². The van der Waals surface area contributed by atoms with Gasteiger partial charge < -0.3 is 10.1 Å². The summed E-state index contributed by atoms with van der Waals surface area (Å²) in [5, 5.41) is 3.29. The molecule has 1 heterocycles. The highest BCUT2D eigenvalue weighted by molar-refractivity contribution is 9.10. The van der Waals surface area contributed by atoms with E-state index < -0.39 is 0 Å². The van der Waals surface area contributed by atoms with E-state index in [0.717, 1.165) is 36.0 Å². The molecule has 0 aromatic heterocycles. The topological polar surface area (TPSA) is 21.3 Å². The average Bonchev–Trinajstić information content (AvgIpc) is 2.27. The van der Waals surface area contributed by atoms with Crippen LogP contribution in [0.3, 0.4) is 0 Å². The Morgan fingerprint density at radius 1 is 1.44 bits per heavy atom. The lowest BCUT2D eigenvalue weighted by atomic mass is 10.1. The maximum atomic E-state index is 13.1. The van der Waals surface area contributed by atoms with Crippen LogP contribution in [0.1, 0.15) is 18.4 Å². The van der Waals surface area contributed by atoms with E-state index in [1.54, 1.807) is 0 Å². The zero-order chi connectivity index (χ0) is 11.4. The van der Waals surface area contributed by atoms with Gasteiger partial charge in [-0.25, -0.2) is 4.39 Å². The van der Waals surface area contributed by atoms with Crippen molar-refractivity contribution in [3.63, 3.8) is 0 Å². The van der Waals surface area contributed by atoms with Gasteiger partial charge in [-0.1, -0.05) is 15.9 Å². The number of rotatable bonds is 3. The molecule has 16 heavy (non-hydrogen) atoms. The molecule has 4 heteroatoms. The van der Waals surface area contributed by atoms with E-state index in [0.29, 0.717) is 6.61 Å². The predicted molar refractivity (Wildman–Crippen MR) is 64.8 cm³/mol. The lowest BCUT2D eigenvalue weighted by molar-refractivity contribution is 0.0251. The van der Waals surface area contributed by atoms with Gasteiger partial charge in [0.05, 0.1) is 12.7 Å². The van der Waals surface area contributed by atoms with Crippen molar-refractivity contribution in [1.29, 1.82) is 0 Å². The van der Waals surface area contributed by atoms with Crippen molar-refractivity contribution in [2.45, 2.75) is 25.6 Å². The Bertz CT molecular complexity index is 333. The Morgan fingerprint density at radius 3 is 3.00 bits per heavy atom. The minimum atomic E-state index is -0.227. The summed E-state index contributed by atoms with van der Waals surface area (Å²) in [4.78, 5) is 0. The fourth-order valence-electron chi connectivity index (χ4n) is 1.87. The van der Waals surface area contributed by atoms with Gasteiger partial charge in [-0.05, 0) is 43.1 Å². The average molecular weight is 288 g/mol. The van der Waals surface area contributed by atoms with Crippen molar-refractivity contribution in [2.24, 2.45) is 0 Å². The first kappa shape index (κ1) is 12.0. The minimum Gasteiger partial charge on any atom is -0.372 e. The van der Waals surface area contributed by atoms with E-state index >= 15 is 0 Å². The summed E-state index contributed by atoms with van der Waals surface area (Å²) in [6.45, 7) is 2.45. The van der Waals surface area contributed by atoms with Gasteiger partial charge in [-0.3, -0.25) is 0 Å². The van der Waals surface area contributed by atoms with Crippen molar-refractivity contribution in [3.05, 3.63) is 34.1 Å². The third-order valence-corrected chi connectivity index (χ3v) is 3.12. The molecular weight excluding hydrogens is 273 g/mol. The standard InChI is InChI=1S/C12H15BrFNO/c13-10-4-9(5-11(14)6-10)8-16-12-2-1-3-15-7-12/h4-6,12,15H,1-3,7-8H2/t12-/m0/s1. The minimum absolute atomic E-state index is 0.227. The van der Waals surface area contributed by atoms with Crippen LogP contribution in [0.5, 0.6) is 0 Å². The van der Waals surface area contributed by atoms with E-state index in [1.165, 1.54) is 12.1 Å². The lowest BCUT2D eigenvalue weighted by Gasteiger charge is -2.23. The molecule has 0 bridgehead atoms. The Morgan fingerprint density at radius 2 is 2.31 bits per heavy atom. The van der Waals surface area contributed by atoms with Gasteiger partial charge in [0.15, 0.2) is 0 Å². The largest absolute Gasteiger partial charge is 0.372 e. The van der Waals surface area contributed by atoms with Crippen LogP contribution in [0.4, 0.5) is 4.39 Å². The molecule has 1 fully saturated rings. The van der Waals surface area contributed by atoms with Gasteiger partial charge in [0.25, 0.3) is 0 Å². The molecule has 1 N–H and O–H groups in total.